The molecule has 2 heterocycles. The molecule has 0 fully saturated rings. The summed E-state index contributed by atoms with van der Waals surface area (Å²) in [5.74, 6) is -2.15. The molecule has 396 valence electrons. The number of hydrogen-bond donors (Lipinski definition) is 6. The number of ether oxygens (including phenoxy) is 1. The van der Waals surface area contributed by atoms with E-state index in [-0.39, 0.29) is 39.3 Å². The molecule has 2 amide bonds. The number of amides is 2. The van der Waals surface area contributed by atoms with Crippen molar-refractivity contribution in [3.8, 4) is 11.4 Å². The van der Waals surface area contributed by atoms with E-state index in [0.29, 0.717) is 36.1 Å². The number of alkyl carbamates (subject to hydrolysis) is 1. The molecule has 0 aliphatic heterocycles. The predicted octanol–water partition coefficient (Wildman–Crippen LogP) is 9.12. The highest BCUT2D eigenvalue weighted by Gasteiger charge is 2.26. The molecule has 73 heavy (non-hydrogen) atoms. The van der Waals surface area contributed by atoms with E-state index in [1.165, 1.54) is 42.3 Å². The van der Waals surface area contributed by atoms with Crippen molar-refractivity contribution in [2.75, 3.05) is 13.1 Å². The van der Waals surface area contributed by atoms with Crippen molar-refractivity contribution in [1.29, 1.82) is 0 Å². The fourth-order valence-electron chi connectivity index (χ4n) is 8.31. The predicted molar refractivity (Wildman–Crippen MR) is 277 cm³/mol. The van der Waals surface area contributed by atoms with Gasteiger partial charge >= 0.3 is 6.09 Å². The minimum absolute atomic E-state index is 0. The number of benzene rings is 4. The molecule has 0 aliphatic rings. The number of hydrogen-bond acceptors (Lipinski definition) is 9. The molecule has 4 aromatic carbocycles. The molecule has 0 radical (unpaired) electrons. The van der Waals surface area contributed by atoms with E-state index in [4.69, 9.17) is 4.74 Å². The molecule has 4 atom stereocenters. The van der Waals surface area contributed by atoms with Gasteiger partial charge in [-0.1, -0.05) is 59.4 Å². The highest BCUT2D eigenvalue weighted by Crippen LogP contribution is 2.22. The van der Waals surface area contributed by atoms with Crippen molar-refractivity contribution in [3.05, 3.63) is 167 Å². The summed E-state index contributed by atoms with van der Waals surface area (Å²) >= 11 is 0. The number of nitrogens with zero attached hydrogens (tertiary/aromatic N) is 4. The van der Waals surface area contributed by atoms with Crippen LogP contribution in [0.25, 0.3) is 11.4 Å². The van der Waals surface area contributed by atoms with Crippen molar-refractivity contribution in [3.63, 3.8) is 0 Å². The number of rotatable bonds is 22. The monoisotopic (exact) mass is 1010 g/mol. The lowest BCUT2D eigenvalue weighted by Gasteiger charge is -2.27. The van der Waals surface area contributed by atoms with Crippen molar-refractivity contribution in [2.45, 2.75) is 131 Å². The van der Waals surface area contributed by atoms with Crippen LogP contribution in [-0.4, -0.2) is 84.3 Å². The smallest absolute Gasteiger partial charge is 0.407 e. The van der Waals surface area contributed by atoms with E-state index in [1.807, 2.05) is 21.5 Å². The van der Waals surface area contributed by atoms with Gasteiger partial charge in [-0.05, 0) is 128 Å². The van der Waals surface area contributed by atoms with Crippen LogP contribution >= 0.6 is 0 Å². The van der Waals surface area contributed by atoms with Gasteiger partial charge in [0.25, 0.3) is 0 Å². The van der Waals surface area contributed by atoms with E-state index in [1.54, 1.807) is 45.8 Å². The Morgan fingerprint density at radius 2 is 1.00 bits per heavy atom. The third-order valence-electron chi connectivity index (χ3n) is 11.3. The van der Waals surface area contributed by atoms with Gasteiger partial charge in [0, 0.05) is 70.0 Å². The van der Waals surface area contributed by atoms with Crippen molar-refractivity contribution < 1.29 is 42.1 Å². The Bertz CT molecular complexity index is 2600. The Morgan fingerprint density at radius 3 is 1.34 bits per heavy atom. The van der Waals surface area contributed by atoms with Gasteiger partial charge in [-0.15, -0.1) is 0 Å². The van der Waals surface area contributed by atoms with Crippen LogP contribution in [0.2, 0.25) is 0 Å². The fourth-order valence-corrected chi connectivity index (χ4v) is 8.31. The zero-order chi connectivity index (χ0) is 52.5. The second kappa shape index (κ2) is 28.2. The largest absolute Gasteiger partial charge is 0.444 e. The van der Waals surface area contributed by atoms with Gasteiger partial charge in [-0.25, -0.2) is 32.3 Å². The molecule has 0 saturated heterocycles. The van der Waals surface area contributed by atoms with Crippen LogP contribution in [-0.2, 0) is 48.3 Å². The van der Waals surface area contributed by atoms with Crippen molar-refractivity contribution in [1.82, 2.24) is 40.4 Å². The maximum atomic E-state index is 13.8. The lowest BCUT2D eigenvalue weighted by Crippen LogP contribution is -2.50. The molecule has 2 aromatic heterocycles. The molecular weight excluding hydrogens is 941 g/mol. The standard InChI is InChI=1S/C29H38F2N4O3.C26H32F2N4O2.CH4/c1-19(2)10-20-6-7-26(35-9-8-32-18-35)22(11-20)16-33-17-27(36)25(34-28(37)38-29(3,4)5)14-21-12-23(30)15-24(31)13-21;1-17(2)8-19-4-5-25(32-7-6-29-16-32)21(9-19)14-30-15-26(34)24(31-18(3)33)12-20-10-22(27)13-23(28)11-20;/h6-9,11-13,15,18-19,25,27,33,36H,10,14,16-17H2,1-5H3,(H,34,37);4-7,9-11,13,16-17,24,26,30,34H,8,12,14-15H2,1-3H3,(H,31,33);1H4/t25-,27+;24-,26+;/m00./s1. The van der Waals surface area contributed by atoms with Crippen LogP contribution in [0, 0.1) is 35.1 Å². The first kappa shape index (κ1) is 59.2. The van der Waals surface area contributed by atoms with Gasteiger partial charge in [-0.3, -0.25) is 4.79 Å². The Kier molecular flexibility index (Phi) is 22.8. The SMILES string of the molecule is C.CC(=O)N[C@@H](Cc1cc(F)cc(F)c1)[C@H](O)CNCc1cc(CC(C)C)ccc1-n1ccnc1.CC(C)Cc1ccc(-n2ccnc2)c(CNC[C@@H](O)[C@H](Cc2cc(F)cc(F)c2)NC(=O)OC(C)(C)C)c1. The maximum absolute atomic E-state index is 13.8. The maximum Gasteiger partial charge on any atom is 0.407 e. The van der Waals surface area contributed by atoms with E-state index < -0.39 is 59.3 Å². The average molecular weight is 1020 g/mol. The lowest BCUT2D eigenvalue weighted by molar-refractivity contribution is -0.120. The van der Waals surface area contributed by atoms with Crippen LogP contribution < -0.4 is 21.3 Å². The van der Waals surface area contributed by atoms with Crippen molar-refractivity contribution >= 4 is 12.0 Å². The molecule has 0 unspecified atom stereocenters. The van der Waals surface area contributed by atoms with Gasteiger partial charge < -0.3 is 45.4 Å². The molecule has 0 spiro atoms. The third-order valence-corrected chi connectivity index (χ3v) is 11.3. The number of imidazole rings is 2. The lowest BCUT2D eigenvalue weighted by atomic mass is 9.99. The third kappa shape index (κ3) is 20.2. The summed E-state index contributed by atoms with van der Waals surface area (Å²) in [6.07, 6.45) is 9.90. The Hall–Kier alpha value is -6.40. The first-order valence-corrected chi connectivity index (χ1v) is 24.2. The average Bonchev–Trinajstić information content (AvgIpc) is 4.01. The van der Waals surface area contributed by atoms with Gasteiger partial charge in [0.05, 0.1) is 48.3 Å². The molecule has 6 aromatic rings. The second-order valence-electron chi connectivity index (χ2n) is 20.0. The number of aromatic nitrogens is 4. The molecule has 13 nitrogen and oxygen atoms in total. The number of carbonyl (C=O) groups is 2. The Balaban J connectivity index is 0.000000314. The topological polar surface area (TPSA) is 168 Å². The number of halogens is 4. The minimum Gasteiger partial charge on any atom is -0.444 e. The fraction of sp³-hybridized carbons (Fsp3) is 0.429. The van der Waals surface area contributed by atoms with E-state index in [9.17, 15) is 37.4 Å². The second-order valence-corrected chi connectivity index (χ2v) is 20.0. The highest BCUT2D eigenvalue weighted by atomic mass is 19.1. The number of carbonyl (C=O) groups excluding carboxylic acids is 2. The quantitative estimate of drug-likeness (QED) is 0.0364. The van der Waals surface area contributed by atoms with E-state index in [2.05, 4.69) is 95.3 Å². The summed E-state index contributed by atoms with van der Waals surface area (Å²) in [6, 6.07) is 17.4. The summed E-state index contributed by atoms with van der Waals surface area (Å²) in [5, 5.41) is 33.7. The number of aliphatic hydroxyl groups excluding tert-OH is 2. The summed E-state index contributed by atoms with van der Waals surface area (Å²) in [4.78, 5) is 32.4. The summed E-state index contributed by atoms with van der Waals surface area (Å²) in [6.45, 7) is 16.4. The van der Waals surface area contributed by atoms with Crippen LogP contribution in [0.3, 0.4) is 0 Å². The van der Waals surface area contributed by atoms with Crippen LogP contribution in [0.5, 0.6) is 0 Å². The molecule has 6 N–H and O–H groups in total. The Labute approximate surface area is 427 Å². The van der Waals surface area contributed by atoms with E-state index in [0.717, 1.165) is 47.5 Å². The summed E-state index contributed by atoms with van der Waals surface area (Å²) in [7, 11) is 0. The van der Waals surface area contributed by atoms with Gasteiger partial charge in [-0.2, -0.15) is 0 Å². The van der Waals surface area contributed by atoms with Gasteiger partial charge in [0.2, 0.25) is 5.91 Å². The molecular formula is C56H74F4N8O5. The van der Waals surface area contributed by atoms with E-state index >= 15 is 0 Å². The highest BCUT2D eigenvalue weighted by molar-refractivity contribution is 5.73. The summed E-state index contributed by atoms with van der Waals surface area (Å²) < 4.78 is 64.0. The number of nitrogens with one attached hydrogen (secondary N) is 4. The first-order chi connectivity index (χ1) is 34.1. The minimum atomic E-state index is -1.07. The van der Waals surface area contributed by atoms with Crippen molar-refractivity contribution in [2.24, 2.45) is 11.8 Å². The zero-order valence-corrected chi connectivity index (χ0v) is 42.4. The van der Waals surface area contributed by atoms with Crippen LogP contribution in [0.1, 0.15) is 96.2 Å². The molecule has 6 rings (SSSR count). The molecule has 17 heteroatoms. The Morgan fingerprint density at radius 1 is 0.603 bits per heavy atom. The molecule has 0 bridgehead atoms. The normalized spacial score (nSPS) is 13.1. The first-order valence-electron chi connectivity index (χ1n) is 24.2. The summed E-state index contributed by atoms with van der Waals surface area (Å²) in [5.41, 5.74) is 6.39. The van der Waals surface area contributed by atoms with Gasteiger partial charge in [0.15, 0.2) is 0 Å². The van der Waals surface area contributed by atoms with Gasteiger partial charge in [0.1, 0.15) is 28.9 Å². The molecule has 0 saturated carbocycles. The molecule has 0 aliphatic carbocycles. The van der Waals surface area contributed by atoms with Crippen LogP contribution in [0.4, 0.5) is 22.4 Å². The zero-order valence-electron chi connectivity index (χ0n) is 42.4. The number of aliphatic hydroxyl groups is 2. The van der Waals surface area contributed by atoms with Crippen LogP contribution in [0.15, 0.2) is 110 Å².